The van der Waals surface area contributed by atoms with E-state index in [-0.39, 0.29) is 5.92 Å². The van der Waals surface area contributed by atoms with Crippen molar-refractivity contribution in [3.63, 3.8) is 0 Å². The fraction of sp³-hybridized carbons (Fsp3) is 0.240. The molecule has 0 aromatic heterocycles. The van der Waals surface area contributed by atoms with Crippen LogP contribution >= 0.6 is 0 Å². The third-order valence-corrected chi connectivity index (χ3v) is 5.77. The van der Waals surface area contributed by atoms with Gasteiger partial charge in [-0.3, -0.25) is 14.5 Å². The smallest absolute Gasteiger partial charge is 0.325 e. The highest BCUT2D eigenvalue weighted by atomic mass is 16.5. The van der Waals surface area contributed by atoms with Gasteiger partial charge in [0.1, 0.15) is 18.3 Å². The minimum absolute atomic E-state index is 0.376. The lowest BCUT2D eigenvalue weighted by atomic mass is 9.84. The molecule has 170 valence electrons. The highest BCUT2D eigenvalue weighted by Gasteiger charge is 2.44. The van der Waals surface area contributed by atoms with Crippen molar-refractivity contribution in [3.8, 4) is 5.75 Å². The molecule has 1 aliphatic heterocycles. The lowest BCUT2D eigenvalue weighted by Crippen LogP contribution is -2.45. The number of aliphatic hydroxyl groups is 1. The maximum Gasteiger partial charge on any atom is 0.325 e. The van der Waals surface area contributed by atoms with Crippen LogP contribution < -0.4 is 15.4 Å². The number of nitrogens with zero attached hydrogens (tertiary/aromatic N) is 1. The van der Waals surface area contributed by atoms with Crippen LogP contribution in [-0.4, -0.2) is 53.7 Å². The van der Waals surface area contributed by atoms with Crippen molar-refractivity contribution in [3.05, 3.63) is 78.4 Å². The van der Waals surface area contributed by atoms with Gasteiger partial charge in [-0.2, -0.15) is 0 Å². The third kappa shape index (κ3) is 4.96. The molecule has 1 fully saturated rings. The summed E-state index contributed by atoms with van der Waals surface area (Å²) in [5.74, 6) is -0.746. The largest absolute Gasteiger partial charge is 0.497 e. The van der Waals surface area contributed by atoms with Crippen LogP contribution in [0.3, 0.4) is 0 Å². The van der Waals surface area contributed by atoms with Crippen LogP contribution in [-0.2, 0) is 9.59 Å². The van der Waals surface area contributed by atoms with Crippen LogP contribution in [0, 0.1) is 5.92 Å². The first-order valence-electron chi connectivity index (χ1n) is 10.6. The average Bonchev–Trinajstić information content (AvgIpc) is 3.12. The fourth-order valence-electron chi connectivity index (χ4n) is 3.99. The van der Waals surface area contributed by atoms with E-state index >= 15 is 0 Å². The number of anilines is 1. The number of imide groups is 1. The zero-order chi connectivity index (χ0) is 23.4. The number of amides is 4. The Balaban J connectivity index is 1.39. The molecular formula is C25H25N3O5. The van der Waals surface area contributed by atoms with E-state index in [1.165, 1.54) is 0 Å². The van der Waals surface area contributed by atoms with Gasteiger partial charge in [0.2, 0.25) is 5.91 Å². The number of para-hydroxylation sites is 1. The van der Waals surface area contributed by atoms with Crippen molar-refractivity contribution >= 4 is 29.1 Å². The molecule has 2 aromatic rings. The van der Waals surface area contributed by atoms with Gasteiger partial charge in [0.05, 0.1) is 13.2 Å². The van der Waals surface area contributed by atoms with Gasteiger partial charge in [-0.25, -0.2) is 4.79 Å². The maximum atomic E-state index is 12.9. The van der Waals surface area contributed by atoms with E-state index in [1.54, 1.807) is 31.4 Å². The monoisotopic (exact) mass is 447 g/mol. The Bertz CT molecular complexity index is 1090. The number of nitrogens with one attached hydrogen (secondary N) is 2. The zero-order valence-electron chi connectivity index (χ0n) is 18.1. The fourth-order valence-corrected chi connectivity index (χ4v) is 3.99. The predicted molar refractivity (Wildman–Crippen MR) is 123 cm³/mol. The van der Waals surface area contributed by atoms with E-state index in [9.17, 15) is 19.5 Å². The van der Waals surface area contributed by atoms with Gasteiger partial charge in [-0.15, -0.1) is 0 Å². The molecule has 3 N–H and O–H groups in total. The van der Waals surface area contributed by atoms with E-state index in [4.69, 9.17) is 4.74 Å². The Morgan fingerprint density at radius 1 is 1.18 bits per heavy atom. The summed E-state index contributed by atoms with van der Waals surface area (Å²) in [6.07, 6.45) is 4.98. The summed E-state index contributed by atoms with van der Waals surface area (Å²) in [4.78, 5) is 38.4. The van der Waals surface area contributed by atoms with E-state index in [0.717, 1.165) is 21.8 Å². The normalized spacial score (nSPS) is 20.8. The van der Waals surface area contributed by atoms with Crippen molar-refractivity contribution in [1.29, 1.82) is 0 Å². The molecule has 2 aliphatic rings. The Morgan fingerprint density at radius 2 is 1.91 bits per heavy atom. The van der Waals surface area contributed by atoms with Crippen molar-refractivity contribution in [2.45, 2.75) is 18.6 Å². The molecule has 4 rings (SSSR count). The molecule has 1 saturated heterocycles. The quantitative estimate of drug-likeness (QED) is 0.566. The Labute approximate surface area is 191 Å². The molecule has 0 saturated carbocycles. The number of allylic oxidation sites excluding steroid dienone is 3. The molecule has 4 amide bonds. The number of methoxy groups -OCH3 is 1. The number of benzene rings is 2. The Kier molecular flexibility index (Phi) is 6.55. The Morgan fingerprint density at radius 3 is 2.61 bits per heavy atom. The Hall–Kier alpha value is -3.91. The van der Waals surface area contributed by atoms with Gasteiger partial charge in [0.15, 0.2) is 0 Å². The summed E-state index contributed by atoms with van der Waals surface area (Å²) in [6, 6.07) is 14.5. The van der Waals surface area contributed by atoms with Crippen molar-refractivity contribution in [2.75, 3.05) is 19.0 Å². The number of urea groups is 1. The first-order valence-corrected chi connectivity index (χ1v) is 10.6. The van der Waals surface area contributed by atoms with Crippen LogP contribution in [0.2, 0.25) is 0 Å². The molecule has 8 heteroatoms. The van der Waals surface area contributed by atoms with E-state index in [2.05, 4.69) is 10.6 Å². The van der Waals surface area contributed by atoms with Crippen molar-refractivity contribution in [1.82, 2.24) is 10.2 Å². The molecule has 2 aromatic carbocycles. The number of aliphatic hydroxyl groups excluding tert-OH is 1. The number of rotatable bonds is 7. The SMILES string of the molecule is COc1ccc(C2=CC=CC(C(O)C3NC(=O)N(CC(=O)Nc4ccccc4)C3=O)C2)cc1. The first kappa shape index (κ1) is 22.3. The predicted octanol–water partition coefficient (Wildman–Crippen LogP) is 2.57. The average molecular weight is 447 g/mol. The topological polar surface area (TPSA) is 108 Å². The number of ether oxygens (including phenoxy) is 1. The third-order valence-electron chi connectivity index (χ3n) is 5.77. The zero-order valence-corrected chi connectivity index (χ0v) is 18.1. The van der Waals surface area contributed by atoms with E-state index < -0.39 is 36.5 Å². The molecule has 1 heterocycles. The van der Waals surface area contributed by atoms with E-state index in [0.29, 0.717) is 12.1 Å². The van der Waals surface area contributed by atoms with Crippen molar-refractivity contribution in [2.24, 2.45) is 5.92 Å². The van der Waals surface area contributed by atoms with Gasteiger partial charge >= 0.3 is 6.03 Å². The second-order valence-electron chi connectivity index (χ2n) is 7.93. The summed E-state index contributed by atoms with van der Waals surface area (Å²) < 4.78 is 5.19. The first-order chi connectivity index (χ1) is 16.0. The van der Waals surface area contributed by atoms with Crippen LogP contribution in [0.5, 0.6) is 5.75 Å². The molecule has 3 unspecified atom stereocenters. The minimum atomic E-state index is -1.14. The number of hydrogen-bond donors (Lipinski definition) is 3. The van der Waals surface area contributed by atoms with Gasteiger partial charge in [-0.1, -0.05) is 48.6 Å². The van der Waals surface area contributed by atoms with Crippen LogP contribution in [0.1, 0.15) is 12.0 Å². The van der Waals surface area contributed by atoms with E-state index in [1.807, 2.05) is 48.6 Å². The lowest BCUT2D eigenvalue weighted by Gasteiger charge is -2.26. The number of carbonyl (C=O) groups excluding carboxylic acids is 3. The molecular weight excluding hydrogens is 422 g/mol. The summed E-state index contributed by atoms with van der Waals surface area (Å²) in [5, 5.41) is 16.1. The van der Waals surface area contributed by atoms with Gasteiger partial charge in [0.25, 0.3) is 5.91 Å². The molecule has 8 nitrogen and oxygen atoms in total. The lowest BCUT2D eigenvalue weighted by molar-refractivity contribution is -0.133. The van der Waals surface area contributed by atoms with Crippen LogP contribution in [0.15, 0.2) is 72.8 Å². The second kappa shape index (κ2) is 9.70. The minimum Gasteiger partial charge on any atom is -0.497 e. The summed E-state index contributed by atoms with van der Waals surface area (Å²) >= 11 is 0. The summed E-state index contributed by atoms with van der Waals surface area (Å²) in [7, 11) is 1.60. The van der Waals surface area contributed by atoms with Gasteiger partial charge in [0, 0.05) is 11.6 Å². The molecule has 0 bridgehead atoms. The summed E-state index contributed by atoms with van der Waals surface area (Å²) in [6.45, 7) is -0.430. The van der Waals surface area contributed by atoms with Crippen LogP contribution in [0.25, 0.3) is 5.57 Å². The summed E-state index contributed by atoms with van der Waals surface area (Å²) in [5.41, 5.74) is 2.55. The molecule has 0 spiro atoms. The molecule has 33 heavy (non-hydrogen) atoms. The number of carbonyl (C=O) groups is 3. The van der Waals surface area contributed by atoms with Crippen LogP contribution in [0.4, 0.5) is 10.5 Å². The maximum absolute atomic E-state index is 12.9. The highest BCUT2D eigenvalue weighted by Crippen LogP contribution is 2.31. The standard InChI is InChI=1S/C25H25N3O5/c1-33-20-12-10-16(11-13-20)17-6-5-7-18(14-17)23(30)22-24(31)28(25(32)27-22)15-21(29)26-19-8-3-2-4-9-19/h2-13,18,22-23,30H,14-15H2,1H3,(H,26,29)(H,27,32). The molecule has 3 atom stereocenters. The van der Waals surface area contributed by atoms with Gasteiger partial charge < -0.3 is 20.5 Å². The van der Waals surface area contributed by atoms with Gasteiger partial charge in [-0.05, 0) is 41.8 Å². The molecule has 0 radical (unpaired) electrons. The van der Waals surface area contributed by atoms with Crippen molar-refractivity contribution < 1.29 is 24.2 Å². The second-order valence-corrected chi connectivity index (χ2v) is 7.93. The molecule has 1 aliphatic carbocycles. The number of hydrogen-bond acceptors (Lipinski definition) is 5. The highest BCUT2D eigenvalue weighted by molar-refractivity contribution is 6.08.